The minimum Gasteiger partial charge on any atom is -0.391 e. The summed E-state index contributed by atoms with van der Waals surface area (Å²) in [4.78, 5) is 0. The normalized spacial score (nSPS) is 26.0. The first kappa shape index (κ1) is 10.8. The molecule has 2 atom stereocenters. The molecule has 1 fully saturated rings. The van der Waals surface area contributed by atoms with Crippen molar-refractivity contribution in [3.8, 4) is 0 Å². The Morgan fingerprint density at radius 3 is 3.07 bits per heavy atom. The first-order chi connectivity index (χ1) is 7.22. The van der Waals surface area contributed by atoms with Gasteiger partial charge in [0.05, 0.1) is 12.1 Å². The summed E-state index contributed by atoms with van der Waals surface area (Å²) < 4.78 is 1.79. The molecule has 0 spiro atoms. The van der Waals surface area contributed by atoms with E-state index in [1.54, 1.807) is 16.4 Å². The van der Waals surface area contributed by atoms with Crippen LogP contribution in [-0.2, 0) is 0 Å². The number of thioether (sulfide) groups is 1. The van der Waals surface area contributed by atoms with Crippen LogP contribution in [0, 0.1) is 0 Å². The summed E-state index contributed by atoms with van der Waals surface area (Å²) in [6, 6.07) is 1.97. The largest absolute Gasteiger partial charge is 0.391 e. The van der Waals surface area contributed by atoms with Crippen molar-refractivity contribution in [3.63, 3.8) is 0 Å². The highest BCUT2D eigenvalue weighted by Gasteiger charge is 2.28. The van der Waals surface area contributed by atoms with Gasteiger partial charge >= 0.3 is 0 Å². The lowest BCUT2D eigenvalue weighted by Gasteiger charge is -2.16. The lowest BCUT2D eigenvalue weighted by atomic mass is 10.2. The number of hydrogen-bond donors (Lipinski definition) is 2. The number of nitrogens with zero attached hydrogens (tertiary/aromatic N) is 2. The second kappa shape index (κ2) is 4.45. The molecular formula is C10H17N3OS. The molecule has 1 heterocycles. The molecule has 0 aliphatic heterocycles. The van der Waals surface area contributed by atoms with Crippen LogP contribution in [0.15, 0.2) is 11.1 Å². The average Bonchev–Trinajstić information content (AvgIpc) is 2.73. The molecule has 0 amide bonds. The minimum atomic E-state index is -0.285. The predicted molar refractivity (Wildman–Crippen MR) is 61.9 cm³/mol. The first-order valence-corrected chi connectivity index (χ1v) is 6.36. The molecule has 0 saturated heterocycles. The van der Waals surface area contributed by atoms with Crippen molar-refractivity contribution in [1.82, 2.24) is 9.78 Å². The minimum absolute atomic E-state index is 0.0798. The zero-order valence-corrected chi connectivity index (χ0v) is 9.70. The molecule has 5 heteroatoms. The number of aliphatic hydroxyl groups is 1. The summed E-state index contributed by atoms with van der Waals surface area (Å²) in [6.07, 6.45) is 2.61. The van der Waals surface area contributed by atoms with E-state index >= 15 is 0 Å². The molecule has 84 valence electrons. The fraction of sp³-hybridized carbons (Fsp3) is 0.700. The zero-order valence-electron chi connectivity index (χ0n) is 8.89. The van der Waals surface area contributed by atoms with Gasteiger partial charge in [-0.25, -0.2) is 4.68 Å². The van der Waals surface area contributed by atoms with Gasteiger partial charge in [0.1, 0.15) is 10.8 Å². The summed E-state index contributed by atoms with van der Waals surface area (Å²) in [5, 5.41) is 15.2. The molecule has 4 nitrogen and oxygen atoms in total. The summed E-state index contributed by atoms with van der Waals surface area (Å²) in [5.74, 6) is 1.65. The first-order valence-electron chi connectivity index (χ1n) is 5.38. The molecule has 0 aromatic carbocycles. The molecular weight excluding hydrogens is 210 g/mol. The highest BCUT2D eigenvalue weighted by Crippen LogP contribution is 2.32. The third kappa shape index (κ3) is 2.13. The number of rotatable bonds is 3. The van der Waals surface area contributed by atoms with Crippen LogP contribution in [0.1, 0.15) is 32.2 Å². The van der Waals surface area contributed by atoms with Crippen molar-refractivity contribution >= 4 is 17.6 Å². The molecule has 1 aromatic heterocycles. The molecule has 1 aromatic rings. The van der Waals surface area contributed by atoms with Crippen molar-refractivity contribution in [2.45, 2.75) is 43.4 Å². The molecule has 1 aliphatic carbocycles. The highest BCUT2D eigenvalue weighted by molar-refractivity contribution is 7.99. The predicted octanol–water partition coefficient (Wildman–Crippen LogP) is 1.66. The number of anilines is 1. The van der Waals surface area contributed by atoms with Gasteiger partial charge in [-0.2, -0.15) is 5.10 Å². The van der Waals surface area contributed by atoms with E-state index in [0.717, 1.165) is 30.0 Å². The van der Waals surface area contributed by atoms with Crippen molar-refractivity contribution < 1.29 is 5.11 Å². The van der Waals surface area contributed by atoms with Crippen LogP contribution in [-0.4, -0.2) is 26.7 Å². The zero-order chi connectivity index (χ0) is 10.8. The second-order valence-electron chi connectivity index (χ2n) is 3.85. The second-order valence-corrected chi connectivity index (χ2v) is 5.13. The molecule has 2 rings (SSSR count). The van der Waals surface area contributed by atoms with Crippen molar-refractivity contribution in [3.05, 3.63) is 6.07 Å². The van der Waals surface area contributed by atoms with Gasteiger partial charge in [-0.3, -0.25) is 0 Å². The van der Waals surface area contributed by atoms with Crippen LogP contribution in [0.4, 0.5) is 5.82 Å². The monoisotopic (exact) mass is 227 g/mol. The quantitative estimate of drug-likeness (QED) is 0.771. The Morgan fingerprint density at radius 1 is 1.67 bits per heavy atom. The molecule has 1 aliphatic rings. The topological polar surface area (TPSA) is 64.1 Å². The molecule has 2 unspecified atom stereocenters. The standard InChI is InChI=1S/C10H17N3OS/c1-2-15-10-6-9(11)13(12-10)7-4-3-5-8(7)14/h6-8,14H,2-5,11H2,1H3. The Morgan fingerprint density at radius 2 is 2.47 bits per heavy atom. The fourth-order valence-corrected chi connectivity index (χ4v) is 2.72. The van der Waals surface area contributed by atoms with E-state index in [2.05, 4.69) is 12.0 Å². The van der Waals surface area contributed by atoms with E-state index < -0.39 is 0 Å². The lowest BCUT2D eigenvalue weighted by molar-refractivity contribution is 0.131. The van der Waals surface area contributed by atoms with Crippen LogP contribution >= 0.6 is 11.8 Å². The number of nitrogen functional groups attached to an aromatic ring is 1. The fourth-order valence-electron chi connectivity index (χ4n) is 2.08. The highest BCUT2D eigenvalue weighted by atomic mass is 32.2. The summed E-state index contributed by atoms with van der Waals surface area (Å²) in [5.41, 5.74) is 5.89. The summed E-state index contributed by atoms with van der Waals surface area (Å²) in [7, 11) is 0. The SMILES string of the molecule is CCSc1cc(N)n(C2CCCC2O)n1. The van der Waals surface area contributed by atoms with Gasteiger partial charge in [0, 0.05) is 6.07 Å². The Kier molecular flexibility index (Phi) is 3.21. The van der Waals surface area contributed by atoms with E-state index in [0.29, 0.717) is 5.82 Å². The maximum Gasteiger partial charge on any atom is 0.123 e. The van der Waals surface area contributed by atoms with Crippen molar-refractivity contribution in [1.29, 1.82) is 0 Å². The maximum atomic E-state index is 9.78. The van der Waals surface area contributed by atoms with Crippen LogP contribution in [0.5, 0.6) is 0 Å². The number of aliphatic hydroxyl groups excluding tert-OH is 1. The Labute approximate surface area is 93.8 Å². The Bertz CT molecular complexity index is 339. The number of nitrogens with two attached hydrogens (primary N) is 1. The molecule has 0 bridgehead atoms. The number of aromatic nitrogens is 2. The van der Waals surface area contributed by atoms with Gasteiger partial charge in [0.15, 0.2) is 0 Å². The van der Waals surface area contributed by atoms with Crippen molar-refractivity contribution in [2.75, 3.05) is 11.5 Å². The smallest absolute Gasteiger partial charge is 0.123 e. The van der Waals surface area contributed by atoms with Gasteiger partial charge in [0.2, 0.25) is 0 Å². The van der Waals surface area contributed by atoms with Crippen LogP contribution in [0.25, 0.3) is 0 Å². The van der Waals surface area contributed by atoms with Crippen LogP contribution in [0.3, 0.4) is 0 Å². The van der Waals surface area contributed by atoms with Gasteiger partial charge in [-0.05, 0) is 25.0 Å². The lowest BCUT2D eigenvalue weighted by Crippen LogP contribution is -2.20. The maximum absolute atomic E-state index is 9.78. The van der Waals surface area contributed by atoms with Crippen LogP contribution in [0.2, 0.25) is 0 Å². The van der Waals surface area contributed by atoms with E-state index in [4.69, 9.17) is 5.73 Å². The third-order valence-corrected chi connectivity index (χ3v) is 3.58. The molecule has 3 N–H and O–H groups in total. The third-order valence-electron chi connectivity index (χ3n) is 2.79. The van der Waals surface area contributed by atoms with E-state index in [1.165, 1.54) is 0 Å². The molecule has 15 heavy (non-hydrogen) atoms. The molecule has 1 saturated carbocycles. The Hall–Kier alpha value is -0.680. The Balaban J connectivity index is 2.19. The summed E-state index contributed by atoms with van der Waals surface area (Å²) >= 11 is 1.68. The molecule has 0 radical (unpaired) electrons. The van der Waals surface area contributed by atoms with Gasteiger partial charge in [-0.1, -0.05) is 6.92 Å². The van der Waals surface area contributed by atoms with Gasteiger partial charge in [-0.15, -0.1) is 11.8 Å². The van der Waals surface area contributed by atoms with Crippen molar-refractivity contribution in [2.24, 2.45) is 0 Å². The summed E-state index contributed by atoms with van der Waals surface area (Å²) in [6.45, 7) is 2.09. The van der Waals surface area contributed by atoms with Gasteiger partial charge in [0.25, 0.3) is 0 Å². The van der Waals surface area contributed by atoms with E-state index in [9.17, 15) is 5.11 Å². The average molecular weight is 227 g/mol. The van der Waals surface area contributed by atoms with Crippen LogP contribution < -0.4 is 5.73 Å². The van der Waals surface area contributed by atoms with E-state index in [1.807, 2.05) is 6.07 Å². The van der Waals surface area contributed by atoms with E-state index in [-0.39, 0.29) is 12.1 Å². The van der Waals surface area contributed by atoms with Gasteiger partial charge < -0.3 is 10.8 Å². The number of hydrogen-bond acceptors (Lipinski definition) is 4.